The van der Waals surface area contributed by atoms with Crippen molar-refractivity contribution in [3.8, 4) is 0 Å². The lowest BCUT2D eigenvalue weighted by molar-refractivity contribution is 0.0900. The van der Waals surface area contributed by atoms with E-state index >= 15 is 0 Å². The molecular weight excluding hydrogens is 242 g/mol. The number of aliphatic hydroxyl groups is 1. The van der Waals surface area contributed by atoms with Gasteiger partial charge < -0.3 is 10.4 Å². The topological polar surface area (TPSA) is 32.3 Å². The van der Waals surface area contributed by atoms with Crippen molar-refractivity contribution in [2.45, 2.75) is 51.6 Å². The standard InChI is InChI=1S/C15H25NOS/c1-12(2)13-5-7-15(11-17,8-6-13)16-10-14-4-3-9-18-14/h3-4,9,12-13,16-17H,5-8,10-11H2,1-2H3. The zero-order valence-electron chi connectivity index (χ0n) is 11.5. The molecular formula is C15H25NOS. The Morgan fingerprint density at radius 2 is 2.17 bits per heavy atom. The Labute approximate surface area is 114 Å². The maximum Gasteiger partial charge on any atom is 0.0613 e. The van der Waals surface area contributed by atoms with E-state index in [4.69, 9.17) is 0 Å². The van der Waals surface area contributed by atoms with Gasteiger partial charge in [-0.1, -0.05) is 19.9 Å². The number of nitrogens with one attached hydrogen (secondary N) is 1. The summed E-state index contributed by atoms with van der Waals surface area (Å²) >= 11 is 1.78. The van der Waals surface area contributed by atoms with Gasteiger partial charge in [0.25, 0.3) is 0 Å². The van der Waals surface area contributed by atoms with E-state index in [0.29, 0.717) is 0 Å². The third-order valence-electron chi connectivity index (χ3n) is 4.45. The van der Waals surface area contributed by atoms with Crippen LogP contribution in [0.3, 0.4) is 0 Å². The predicted molar refractivity (Wildman–Crippen MR) is 77.8 cm³/mol. The summed E-state index contributed by atoms with van der Waals surface area (Å²) in [5, 5.41) is 15.5. The lowest BCUT2D eigenvalue weighted by Crippen LogP contribution is -2.50. The highest BCUT2D eigenvalue weighted by Crippen LogP contribution is 2.35. The number of aliphatic hydroxyl groups excluding tert-OH is 1. The summed E-state index contributed by atoms with van der Waals surface area (Å²) in [7, 11) is 0. The van der Waals surface area contributed by atoms with E-state index in [9.17, 15) is 5.11 Å². The van der Waals surface area contributed by atoms with Crippen molar-refractivity contribution in [1.82, 2.24) is 5.32 Å². The lowest BCUT2D eigenvalue weighted by atomic mass is 9.73. The first-order valence-electron chi connectivity index (χ1n) is 7.03. The Hall–Kier alpha value is -0.380. The maximum atomic E-state index is 9.74. The van der Waals surface area contributed by atoms with Gasteiger partial charge in [0.2, 0.25) is 0 Å². The molecule has 1 heterocycles. The van der Waals surface area contributed by atoms with Gasteiger partial charge in [0, 0.05) is 17.0 Å². The van der Waals surface area contributed by atoms with Crippen molar-refractivity contribution in [3.05, 3.63) is 22.4 Å². The van der Waals surface area contributed by atoms with Crippen LogP contribution < -0.4 is 5.32 Å². The molecule has 0 radical (unpaired) electrons. The zero-order valence-corrected chi connectivity index (χ0v) is 12.3. The monoisotopic (exact) mass is 267 g/mol. The van der Waals surface area contributed by atoms with Crippen LogP contribution in [0.5, 0.6) is 0 Å². The van der Waals surface area contributed by atoms with Crippen LogP contribution in [0.2, 0.25) is 0 Å². The van der Waals surface area contributed by atoms with E-state index in [1.54, 1.807) is 11.3 Å². The van der Waals surface area contributed by atoms with Crippen molar-refractivity contribution in [2.24, 2.45) is 11.8 Å². The van der Waals surface area contributed by atoms with Crippen LogP contribution in [0.15, 0.2) is 17.5 Å². The molecule has 1 aliphatic carbocycles. The largest absolute Gasteiger partial charge is 0.394 e. The Bertz CT molecular complexity index is 339. The summed E-state index contributed by atoms with van der Waals surface area (Å²) in [6.45, 7) is 5.79. The molecule has 0 amide bonds. The Balaban J connectivity index is 1.88. The third-order valence-corrected chi connectivity index (χ3v) is 5.33. The van der Waals surface area contributed by atoms with Gasteiger partial charge in [-0.05, 0) is 49.0 Å². The normalized spacial score (nSPS) is 28.8. The molecule has 0 atom stereocenters. The van der Waals surface area contributed by atoms with Crippen LogP contribution in [-0.4, -0.2) is 17.3 Å². The Morgan fingerprint density at radius 1 is 1.44 bits per heavy atom. The molecule has 18 heavy (non-hydrogen) atoms. The summed E-state index contributed by atoms with van der Waals surface area (Å²) in [6, 6.07) is 4.24. The molecule has 1 saturated carbocycles. The lowest BCUT2D eigenvalue weighted by Gasteiger charge is -2.41. The number of hydrogen-bond donors (Lipinski definition) is 2. The number of rotatable bonds is 5. The summed E-state index contributed by atoms with van der Waals surface area (Å²) in [5.74, 6) is 1.62. The average Bonchev–Trinajstić information content (AvgIpc) is 2.90. The highest BCUT2D eigenvalue weighted by molar-refractivity contribution is 7.09. The quantitative estimate of drug-likeness (QED) is 0.857. The van der Waals surface area contributed by atoms with E-state index in [2.05, 4.69) is 36.7 Å². The minimum atomic E-state index is -0.0324. The van der Waals surface area contributed by atoms with Crippen LogP contribution >= 0.6 is 11.3 Å². The van der Waals surface area contributed by atoms with E-state index in [-0.39, 0.29) is 12.1 Å². The van der Waals surface area contributed by atoms with E-state index in [1.807, 2.05) is 0 Å². The minimum absolute atomic E-state index is 0.0324. The fourth-order valence-corrected chi connectivity index (χ4v) is 3.58. The molecule has 2 N–H and O–H groups in total. The SMILES string of the molecule is CC(C)C1CCC(CO)(NCc2cccs2)CC1. The van der Waals surface area contributed by atoms with Crippen LogP contribution in [-0.2, 0) is 6.54 Å². The first kappa shape index (κ1) is 14.0. The van der Waals surface area contributed by atoms with Gasteiger partial charge in [-0.15, -0.1) is 11.3 Å². The molecule has 0 unspecified atom stereocenters. The Morgan fingerprint density at radius 3 is 2.67 bits per heavy atom. The van der Waals surface area contributed by atoms with Gasteiger partial charge >= 0.3 is 0 Å². The van der Waals surface area contributed by atoms with Crippen LogP contribution in [0, 0.1) is 11.8 Å². The molecule has 3 heteroatoms. The number of thiophene rings is 1. The second-order valence-electron chi connectivity index (χ2n) is 5.95. The first-order valence-corrected chi connectivity index (χ1v) is 7.91. The van der Waals surface area contributed by atoms with Gasteiger partial charge in [0.1, 0.15) is 0 Å². The summed E-state index contributed by atoms with van der Waals surface area (Å²) in [5.41, 5.74) is -0.0324. The summed E-state index contributed by atoms with van der Waals surface area (Å²) in [4.78, 5) is 1.36. The van der Waals surface area contributed by atoms with E-state index < -0.39 is 0 Å². The smallest absolute Gasteiger partial charge is 0.0613 e. The van der Waals surface area contributed by atoms with Crippen molar-refractivity contribution in [1.29, 1.82) is 0 Å². The molecule has 0 aromatic carbocycles. The third kappa shape index (κ3) is 3.34. The van der Waals surface area contributed by atoms with Crippen LogP contribution in [0.1, 0.15) is 44.4 Å². The highest BCUT2D eigenvalue weighted by Gasteiger charge is 2.35. The molecule has 1 fully saturated rings. The molecule has 1 aromatic heterocycles. The summed E-state index contributed by atoms with van der Waals surface area (Å²) in [6.07, 6.45) is 4.71. The molecule has 0 saturated heterocycles. The second-order valence-corrected chi connectivity index (χ2v) is 6.99. The maximum absolute atomic E-state index is 9.74. The molecule has 2 rings (SSSR count). The fraction of sp³-hybridized carbons (Fsp3) is 0.733. The molecule has 0 spiro atoms. The Kier molecular flexibility index (Phi) is 4.82. The second kappa shape index (κ2) is 6.18. The van der Waals surface area contributed by atoms with Gasteiger partial charge in [-0.2, -0.15) is 0 Å². The fourth-order valence-electron chi connectivity index (χ4n) is 2.94. The molecule has 0 bridgehead atoms. The molecule has 2 nitrogen and oxygen atoms in total. The van der Waals surface area contributed by atoms with E-state index in [1.165, 1.54) is 17.7 Å². The molecule has 102 valence electrons. The first-order chi connectivity index (χ1) is 8.65. The average molecular weight is 267 g/mol. The van der Waals surface area contributed by atoms with Gasteiger partial charge in [0.05, 0.1) is 6.61 Å². The van der Waals surface area contributed by atoms with Crippen molar-refractivity contribution in [3.63, 3.8) is 0 Å². The van der Waals surface area contributed by atoms with Gasteiger partial charge in [-0.25, -0.2) is 0 Å². The zero-order chi connectivity index (χ0) is 13.0. The van der Waals surface area contributed by atoms with Gasteiger partial charge in [-0.3, -0.25) is 0 Å². The highest BCUT2D eigenvalue weighted by atomic mass is 32.1. The summed E-state index contributed by atoms with van der Waals surface area (Å²) < 4.78 is 0. The van der Waals surface area contributed by atoms with E-state index in [0.717, 1.165) is 31.2 Å². The van der Waals surface area contributed by atoms with Crippen molar-refractivity contribution >= 4 is 11.3 Å². The van der Waals surface area contributed by atoms with Crippen molar-refractivity contribution < 1.29 is 5.11 Å². The van der Waals surface area contributed by atoms with Gasteiger partial charge in [0.15, 0.2) is 0 Å². The van der Waals surface area contributed by atoms with Crippen molar-refractivity contribution in [2.75, 3.05) is 6.61 Å². The molecule has 1 aromatic rings. The molecule has 1 aliphatic rings. The van der Waals surface area contributed by atoms with Crippen LogP contribution in [0.25, 0.3) is 0 Å². The van der Waals surface area contributed by atoms with Crippen LogP contribution in [0.4, 0.5) is 0 Å². The number of hydrogen-bond acceptors (Lipinski definition) is 3. The predicted octanol–water partition coefficient (Wildman–Crippen LogP) is 3.42. The molecule has 0 aliphatic heterocycles. The minimum Gasteiger partial charge on any atom is -0.394 e.